The molecule has 5 rings (SSSR count). The first-order chi connectivity index (χ1) is 15.6. The molecular weight excluding hydrogens is 431 g/mol. The lowest BCUT2D eigenvalue weighted by atomic mass is 9.98. The molecule has 0 N–H and O–H groups in total. The van der Waals surface area contributed by atoms with Crippen LogP contribution in [0.5, 0.6) is 0 Å². The molecule has 1 fully saturated rings. The molecule has 1 aliphatic rings. The summed E-state index contributed by atoms with van der Waals surface area (Å²) in [7, 11) is 0. The van der Waals surface area contributed by atoms with Crippen molar-refractivity contribution in [1.82, 2.24) is 20.1 Å². The van der Waals surface area contributed by atoms with Gasteiger partial charge in [0.1, 0.15) is 11.5 Å². The molecule has 1 atom stereocenters. The summed E-state index contributed by atoms with van der Waals surface area (Å²) >= 11 is 1.44. The number of carbonyl (C=O) groups is 1. The van der Waals surface area contributed by atoms with Crippen LogP contribution < -0.4 is 0 Å². The van der Waals surface area contributed by atoms with Crippen LogP contribution in [0.1, 0.15) is 40.6 Å². The van der Waals surface area contributed by atoms with E-state index in [1.807, 2.05) is 11.8 Å². The normalized spacial score (nSPS) is 16.4. The van der Waals surface area contributed by atoms with Crippen LogP contribution in [-0.4, -0.2) is 38.6 Å². The Kier molecular flexibility index (Phi) is 5.57. The molecule has 1 unspecified atom stereocenters. The number of nitrogens with zero attached hydrogens (tertiary/aromatic N) is 4. The molecule has 0 saturated carbocycles. The number of halogens is 1. The highest BCUT2D eigenvalue weighted by molar-refractivity contribution is 7.15. The Bertz CT molecular complexity index is 1220. The number of furan rings is 1. The van der Waals surface area contributed by atoms with Gasteiger partial charge in [0.15, 0.2) is 5.76 Å². The Labute approximate surface area is 187 Å². The number of aromatic nitrogens is 3. The van der Waals surface area contributed by atoms with E-state index in [0.717, 1.165) is 34.7 Å². The van der Waals surface area contributed by atoms with Crippen LogP contribution in [0.15, 0.2) is 51.5 Å². The van der Waals surface area contributed by atoms with E-state index in [2.05, 4.69) is 15.2 Å². The SMILES string of the molecule is Cc1nc(C(=O)N2CCCCC2Cc2nnc(-c3ccco3)o2)c(-c2ccc(F)cc2)s1. The first-order valence-corrected chi connectivity index (χ1v) is 11.3. The van der Waals surface area contributed by atoms with Crippen LogP contribution in [0.25, 0.3) is 22.1 Å². The molecule has 0 aliphatic carbocycles. The molecular formula is C23H21FN4O3S. The monoisotopic (exact) mass is 452 g/mol. The molecule has 4 aromatic rings. The summed E-state index contributed by atoms with van der Waals surface area (Å²) in [6, 6.07) is 9.61. The van der Waals surface area contributed by atoms with Gasteiger partial charge < -0.3 is 13.7 Å². The highest BCUT2D eigenvalue weighted by atomic mass is 32.1. The van der Waals surface area contributed by atoms with Crippen LogP contribution in [0.2, 0.25) is 0 Å². The van der Waals surface area contributed by atoms with Gasteiger partial charge in [0.2, 0.25) is 5.89 Å². The summed E-state index contributed by atoms with van der Waals surface area (Å²) in [6.07, 6.45) is 4.82. The Hall–Kier alpha value is -3.33. The number of aryl methyl sites for hydroxylation is 1. The van der Waals surface area contributed by atoms with Gasteiger partial charge in [-0.3, -0.25) is 4.79 Å². The highest BCUT2D eigenvalue weighted by Gasteiger charge is 2.32. The summed E-state index contributed by atoms with van der Waals surface area (Å²) in [5.74, 6) is 0.875. The Morgan fingerprint density at radius 3 is 2.84 bits per heavy atom. The minimum absolute atomic E-state index is 0.0655. The Morgan fingerprint density at radius 2 is 2.06 bits per heavy atom. The molecule has 164 valence electrons. The number of carbonyl (C=O) groups excluding carboxylic acids is 1. The molecule has 1 aromatic carbocycles. The molecule has 7 nitrogen and oxygen atoms in total. The largest absolute Gasteiger partial charge is 0.459 e. The maximum absolute atomic E-state index is 13.6. The van der Waals surface area contributed by atoms with Crippen LogP contribution in [0, 0.1) is 12.7 Å². The Morgan fingerprint density at radius 1 is 1.22 bits per heavy atom. The van der Waals surface area contributed by atoms with Crippen molar-refractivity contribution in [1.29, 1.82) is 0 Å². The van der Waals surface area contributed by atoms with Crippen molar-refractivity contribution in [3.63, 3.8) is 0 Å². The van der Waals surface area contributed by atoms with Gasteiger partial charge in [0.25, 0.3) is 11.8 Å². The number of hydrogen-bond donors (Lipinski definition) is 0. The lowest BCUT2D eigenvalue weighted by Gasteiger charge is -2.35. The molecule has 4 heterocycles. The third-order valence-corrected chi connectivity index (χ3v) is 6.56. The second kappa shape index (κ2) is 8.66. The predicted octanol–water partition coefficient (Wildman–Crippen LogP) is 5.14. The van der Waals surface area contributed by atoms with Gasteiger partial charge in [-0.2, -0.15) is 0 Å². The number of amides is 1. The number of rotatable bonds is 5. The predicted molar refractivity (Wildman–Crippen MR) is 117 cm³/mol. The topological polar surface area (TPSA) is 85.3 Å². The maximum atomic E-state index is 13.6. The summed E-state index contributed by atoms with van der Waals surface area (Å²) in [5, 5.41) is 9.00. The van der Waals surface area contributed by atoms with Gasteiger partial charge in [-0.15, -0.1) is 21.5 Å². The summed E-state index contributed by atoms with van der Waals surface area (Å²) in [5.41, 5.74) is 1.20. The molecule has 0 spiro atoms. The molecule has 32 heavy (non-hydrogen) atoms. The van der Waals surface area contributed by atoms with E-state index in [0.29, 0.717) is 36.2 Å². The zero-order valence-electron chi connectivity index (χ0n) is 17.5. The number of hydrogen-bond acceptors (Lipinski definition) is 7. The Balaban J connectivity index is 1.40. The van der Waals surface area contributed by atoms with E-state index in [4.69, 9.17) is 8.83 Å². The van der Waals surface area contributed by atoms with Gasteiger partial charge in [-0.25, -0.2) is 9.37 Å². The average Bonchev–Trinajstić information content (AvgIpc) is 3.55. The van der Waals surface area contributed by atoms with Crippen LogP contribution >= 0.6 is 11.3 Å². The molecule has 1 aliphatic heterocycles. The first kappa shape index (κ1) is 20.6. The zero-order valence-corrected chi connectivity index (χ0v) is 18.3. The van der Waals surface area contributed by atoms with Crippen LogP contribution in [0.4, 0.5) is 4.39 Å². The van der Waals surface area contributed by atoms with E-state index in [1.165, 1.54) is 23.5 Å². The second-order valence-corrected chi connectivity index (χ2v) is 8.95. The lowest BCUT2D eigenvalue weighted by Crippen LogP contribution is -2.45. The fraction of sp³-hybridized carbons (Fsp3) is 0.304. The minimum atomic E-state index is -0.313. The fourth-order valence-corrected chi connectivity index (χ4v) is 4.94. The molecule has 3 aromatic heterocycles. The average molecular weight is 453 g/mol. The van der Waals surface area contributed by atoms with Crippen LogP contribution in [-0.2, 0) is 6.42 Å². The van der Waals surface area contributed by atoms with Gasteiger partial charge in [0.05, 0.1) is 16.1 Å². The molecule has 0 radical (unpaired) electrons. The lowest BCUT2D eigenvalue weighted by molar-refractivity contribution is 0.0601. The summed E-state index contributed by atoms with van der Waals surface area (Å²) in [4.78, 5) is 20.7. The number of thiazole rings is 1. The minimum Gasteiger partial charge on any atom is -0.459 e. The maximum Gasteiger partial charge on any atom is 0.283 e. The highest BCUT2D eigenvalue weighted by Crippen LogP contribution is 2.33. The van der Waals surface area contributed by atoms with E-state index in [-0.39, 0.29) is 17.8 Å². The van der Waals surface area contributed by atoms with Gasteiger partial charge >= 0.3 is 0 Å². The number of likely N-dealkylation sites (tertiary alicyclic amines) is 1. The first-order valence-electron chi connectivity index (χ1n) is 10.5. The van der Waals surface area contributed by atoms with E-state index in [9.17, 15) is 9.18 Å². The van der Waals surface area contributed by atoms with Crippen molar-refractivity contribution in [2.24, 2.45) is 0 Å². The van der Waals surface area contributed by atoms with Crippen molar-refractivity contribution >= 4 is 17.2 Å². The number of benzene rings is 1. The molecule has 0 bridgehead atoms. The van der Waals surface area contributed by atoms with Crippen molar-refractivity contribution in [2.45, 2.75) is 38.6 Å². The van der Waals surface area contributed by atoms with Crippen molar-refractivity contribution in [2.75, 3.05) is 6.54 Å². The summed E-state index contributed by atoms with van der Waals surface area (Å²) < 4.78 is 24.5. The molecule has 1 saturated heterocycles. The third kappa shape index (κ3) is 4.08. The summed E-state index contributed by atoms with van der Waals surface area (Å²) in [6.45, 7) is 2.51. The van der Waals surface area contributed by atoms with Crippen LogP contribution in [0.3, 0.4) is 0 Å². The third-order valence-electron chi connectivity index (χ3n) is 5.54. The fourth-order valence-electron chi connectivity index (χ4n) is 4.02. The zero-order chi connectivity index (χ0) is 22.1. The smallest absolute Gasteiger partial charge is 0.283 e. The van der Waals surface area contributed by atoms with Crippen molar-refractivity contribution in [3.8, 4) is 22.1 Å². The van der Waals surface area contributed by atoms with E-state index < -0.39 is 0 Å². The molecule has 1 amide bonds. The second-order valence-electron chi connectivity index (χ2n) is 7.75. The van der Waals surface area contributed by atoms with Crippen molar-refractivity contribution < 1.29 is 18.0 Å². The van der Waals surface area contributed by atoms with Gasteiger partial charge in [-0.05, 0) is 56.0 Å². The van der Waals surface area contributed by atoms with E-state index >= 15 is 0 Å². The van der Waals surface area contributed by atoms with E-state index in [1.54, 1.807) is 30.5 Å². The van der Waals surface area contributed by atoms with Crippen molar-refractivity contribution in [3.05, 3.63) is 65.1 Å². The van der Waals surface area contributed by atoms with Gasteiger partial charge in [0, 0.05) is 19.0 Å². The standard InChI is InChI=1S/C23H21FN4O3S/c1-14-25-20(21(32-14)15-7-9-16(24)10-8-15)23(29)28-11-3-2-5-17(28)13-19-26-27-22(31-19)18-6-4-12-30-18/h4,6-10,12,17H,2-3,5,11,13H2,1H3. The molecule has 9 heteroatoms. The number of piperidine rings is 1. The quantitative estimate of drug-likeness (QED) is 0.417. The van der Waals surface area contributed by atoms with Gasteiger partial charge in [-0.1, -0.05) is 12.1 Å².